The molecule has 2 saturated heterocycles. The van der Waals surface area contributed by atoms with E-state index < -0.39 is 5.41 Å². The van der Waals surface area contributed by atoms with Crippen LogP contribution in [0.2, 0.25) is 0 Å². The molecule has 186 valence electrons. The summed E-state index contributed by atoms with van der Waals surface area (Å²) in [7, 11) is 0. The van der Waals surface area contributed by atoms with Crippen LogP contribution in [0.4, 0.5) is 11.5 Å². The zero-order valence-corrected chi connectivity index (χ0v) is 21.0. The number of nitriles is 2. The van der Waals surface area contributed by atoms with Crippen molar-refractivity contribution in [3.63, 3.8) is 0 Å². The molecule has 2 fully saturated rings. The third-order valence-electron chi connectivity index (χ3n) is 6.93. The fraction of sp³-hybridized carbons (Fsp3) is 0.357. The third-order valence-corrected chi connectivity index (χ3v) is 6.93. The van der Waals surface area contributed by atoms with E-state index in [4.69, 9.17) is 4.74 Å². The minimum absolute atomic E-state index is 0.195. The van der Waals surface area contributed by atoms with Crippen molar-refractivity contribution in [3.05, 3.63) is 65.4 Å². The zero-order valence-electron chi connectivity index (χ0n) is 21.0. The molecule has 3 aromatic rings. The van der Waals surface area contributed by atoms with E-state index in [0.29, 0.717) is 28.3 Å². The van der Waals surface area contributed by atoms with Crippen LogP contribution in [-0.4, -0.2) is 46.2 Å². The maximum absolute atomic E-state index is 13.0. The fourth-order valence-corrected chi connectivity index (χ4v) is 4.79. The predicted molar refractivity (Wildman–Crippen MR) is 138 cm³/mol. The highest BCUT2D eigenvalue weighted by Gasteiger charge is 2.35. The molecular weight excluding hydrogens is 466 g/mol. The topological polar surface area (TPSA) is 128 Å². The number of rotatable bonds is 5. The minimum Gasteiger partial charge on any atom is -0.371 e. The van der Waals surface area contributed by atoms with Gasteiger partial charge in [-0.2, -0.15) is 10.5 Å². The summed E-state index contributed by atoms with van der Waals surface area (Å²) in [5.41, 5.74) is 3.39. The maximum Gasteiger partial charge on any atom is 0.255 e. The predicted octanol–water partition coefficient (Wildman–Crippen LogP) is 4.14. The number of ether oxygens (including phenoxy) is 1. The molecule has 3 aromatic heterocycles. The second kappa shape index (κ2) is 9.61. The van der Waals surface area contributed by atoms with Gasteiger partial charge in [-0.05, 0) is 57.9 Å². The summed E-state index contributed by atoms with van der Waals surface area (Å²) in [4.78, 5) is 28.5. The van der Waals surface area contributed by atoms with Gasteiger partial charge < -0.3 is 15.0 Å². The van der Waals surface area contributed by atoms with Crippen LogP contribution >= 0.6 is 0 Å². The number of aromatic nitrogens is 3. The van der Waals surface area contributed by atoms with Crippen molar-refractivity contribution in [1.82, 2.24) is 15.0 Å². The van der Waals surface area contributed by atoms with Crippen molar-refractivity contribution in [2.75, 3.05) is 23.3 Å². The summed E-state index contributed by atoms with van der Waals surface area (Å²) < 4.78 is 5.92. The van der Waals surface area contributed by atoms with Gasteiger partial charge in [-0.25, -0.2) is 4.98 Å². The van der Waals surface area contributed by atoms with E-state index in [2.05, 4.69) is 37.3 Å². The van der Waals surface area contributed by atoms with Gasteiger partial charge in [0.2, 0.25) is 0 Å². The molecule has 9 nitrogen and oxygen atoms in total. The molecule has 37 heavy (non-hydrogen) atoms. The first kappa shape index (κ1) is 24.4. The second-order valence-electron chi connectivity index (χ2n) is 10.0. The molecule has 2 aliphatic heterocycles. The van der Waals surface area contributed by atoms with Gasteiger partial charge in [0.25, 0.3) is 5.91 Å². The van der Waals surface area contributed by atoms with E-state index in [1.54, 1.807) is 38.4 Å². The molecule has 0 saturated carbocycles. The van der Waals surface area contributed by atoms with Crippen molar-refractivity contribution in [1.29, 1.82) is 10.5 Å². The molecule has 0 spiro atoms. The smallest absolute Gasteiger partial charge is 0.255 e. The monoisotopic (exact) mass is 493 g/mol. The van der Waals surface area contributed by atoms with Gasteiger partial charge in [0.15, 0.2) is 0 Å². The maximum atomic E-state index is 13.0. The van der Waals surface area contributed by atoms with Crippen LogP contribution in [0.15, 0.2) is 42.9 Å². The van der Waals surface area contributed by atoms with Crippen LogP contribution in [0.1, 0.15) is 54.0 Å². The first-order valence-electron chi connectivity index (χ1n) is 12.2. The molecule has 1 N–H and O–H groups in total. The molecule has 0 aromatic carbocycles. The summed E-state index contributed by atoms with van der Waals surface area (Å²) in [5.74, 6) is 0.345. The number of carbonyl (C=O) groups is 1. The number of nitrogens with zero attached hydrogens (tertiary/aromatic N) is 6. The number of hydrogen-bond acceptors (Lipinski definition) is 8. The normalized spacial score (nSPS) is 18.7. The molecule has 9 heteroatoms. The van der Waals surface area contributed by atoms with Gasteiger partial charge >= 0.3 is 0 Å². The Bertz CT molecular complexity index is 1440. The van der Waals surface area contributed by atoms with E-state index in [1.165, 1.54) is 6.20 Å². The van der Waals surface area contributed by atoms with E-state index >= 15 is 0 Å². The number of morpholine rings is 1. The van der Waals surface area contributed by atoms with Crippen LogP contribution in [0.25, 0.3) is 11.1 Å². The molecule has 5 rings (SSSR count). The number of carbonyl (C=O) groups excluding carboxylic acids is 1. The number of anilines is 2. The number of hydrogen-bond donors (Lipinski definition) is 1. The first-order chi connectivity index (χ1) is 17.8. The second-order valence-corrected chi connectivity index (χ2v) is 10.0. The Morgan fingerprint density at radius 1 is 1.11 bits per heavy atom. The van der Waals surface area contributed by atoms with Gasteiger partial charge in [0.1, 0.15) is 11.9 Å². The lowest BCUT2D eigenvalue weighted by atomic mass is 9.90. The number of aryl methyl sites for hydroxylation is 1. The average Bonchev–Trinajstić information content (AvgIpc) is 3.26. The number of amides is 1. The van der Waals surface area contributed by atoms with Crippen LogP contribution in [0.5, 0.6) is 0 Å². The minimum atomic E-state index is -0.812. The van der Waals surface area contributed by atoms with Crippen molar-refractivity contribution < 1.29 is 9.53 Å². The van der Waals surface area contributed by atoms with E-state index in [0.717, 1.165) is 42.8 Å². The third kappa shape index (κ3) is 4.87. The van der Waals surface area contributed by atoms with Gasteiger partial charge in [-0.1, -0.05) is 0 Å². The van der Waals surface area contributed by atoms with Crippen LogP contribution in [0.3, 0.4) is 0 Å². The quantitative estimate of drug-likeness (QED) is 0.562. The summed E-state index contributed by atoms with van der Waals surface area (Å²) in [6.07, 6.45) is 7.35. The molecule has 2 bridgehead atoms. The average molecular weight is 494 g/mol. The Morgan fingerprint density at radius 2 is 1.86 bits per heavy atom. The number of pyridine rings is 3. The van der Waals surface area contributed by atoms with Crippen molar-refractivity contribution in [2.45, 2.75) is 51.2 Å². The lowest BCUT2D eigenvalue weighted by molar-refractivity contribution is 0.0302. The lowest BCUT2D eigenvalue weighted by Gasteiger charge is -2.33. The van der Waals surface area contributed by atoms with Gasteiger partial charge in [0, 0.05) is 47.9 Å². The standard InChI is InChI=1S/C28H27N7O2/c1-17-24(20-8-19(11-29)26(33-12-20)35-14-22-4-5-23(15-35)37-22)10-21(13-32-17)34-27(36)18-6-7-31-25(9-18)28(2,3)16-30/h6-10,12-13,22-23H,4-5,14-15H2,1-3H3,(H,34,36)/t22-,23+. The summed E-state index contributed by atoms with van der Waals surface area (Å²) in [5, 5.41) is 22.2. The van der Waals surface area contributed by atoms with Gasteiger partial charge in [-0.15, -0.1) is 0 Å². The molecule has 2 aliphatic rings. The van der Waals surface area contributed by atoms with Gasteiger partial charge in [0.05, 0.1) is 46.8 Å². The Hall–Kier alpha value is -4.34. The Kier molecular flexibility index (Phi) is 6.32. The molecule has 0 unspecified atom stereocenters. The fourth-order valence-electron chi connectivity index (χ4n) is 4.79. The molecule has 2 atom stereocenters. The Balaban J connectivity index is 1.40. The lowest BCUT2D eigenvalue weighted by Crippen LogP contribution is -2.43. The molecule has 0 aliphatic carbocycles. The summed E-state index contributed by atoms with van der Waals surface area (Å²) in [6.45, 7) is 6.86. The number of fused-ring (bicyclic) bond motifs is 2. The molecular formula is C28H27N7O2. The van der Waals surface area contributed by atoms with Crippen LogP contribution < -0.4 is 10.2 Å². The summed E-state index contributed by atoms with van der Waals surface area (Å²) in [6, 6.07) is 11.4. The Morgan fingerprint density at radius 3 is 2.57 bits per heavy atom. The highest BCUT2D eigenvalue weighted by molar-refractivity contribution is 6.04. The highest BCUT2D eigenvalue weighted by Crippen LogP contribution is 2.33. The Labute approximate surface area is 215 Å². The number of nitrogens with one attached hydrogen (secondary N) is 1. The van der Waals surface area contributed by atoms with Crippen LogP contribution in [0, 0.1) is 29.6 Å². The molecule has 0 radical (unpaired) electrons. The van der Waals surface area contributed by atoms with Gasteiger partial charge in [-0.3, -0.25) is 14.8 Å². The zero-order chi connectivity index (χ0) is 26.2. The molecule has 1 amide bonds. The van der Waals surface area contributed by atoms with Crippen molar-refractivity contribution in [2.24, 2.45) is 0 Å². The van der Waals surface area contributed by atoms with Crippen molar-refractivity contribution >= 4 is 17.4 Å². The largest absolute Gasteiger partial charge is 0.371 e. The highest BCUT2D eigenvalue weighted by atomic mass is 16.5. The van der Waals surface area contributed by atoms with E-state index in [9.17, 15) is 15.3 Å². The van der Waals surface area contributed by atoms with Crippen molar-refractivity contribution in [3.8, 4) is 23.3 Å². The van der Waals surface area contributed by atoms with Crippen LogP contribution in [-0.2, 0) is 10.2 Å². The molecule has 5 heterocycles. The van der Waals surface area contributed by atoms with E-state index in [-0.39, 0.29) is 18.1 Å². The van der Waals surface area contributed by atoms with E-state index in [1.807, 2.05) is 19.1 Å². The SMILES string of the molecule is Cc1ncc(NC(=O)c2ccnc(C(C)(C)C#N)c2)cc1-c1cnc(N2C[C@H]3CC[C@@H](C2)O3)c(C#N)c1. The summed E-state index contributed by atoms with van der Waals surface area (Å²) >= 11 is 0. The first-order valence-corrected chi connectivity index (χ1v) is 12.2.